The highest BCUT2D eigenvalue weighted by atomic mass is 16.5. The number of likely N-dealkylation sites (tertiary alicyclic amines) is 1. The lowest BCUT2D eigenvalue weighted by atomic mass is 9.92. The molecule has 2 heterocycles. The van der Waals surface area contributed by atoms with Crippen LogP contribution in [-0.4, -0.2) is 42.4 Å². The number of esters is 1. The molecule has 2 atom stereocenters. The fourth-order valence-corrected chi connectivity index (χ4v) is 3.64. The zero-order valence-corrected chi connectivity index (χ0v) is 16.9. The second-order valence-electron chi connectivity index (χ2n) is 7.78. The molecule has 0 aliphatic carbocycles. The number of furan rings is 1. The number of carbonyl (C=O) groups is 3. The standard InChI is InChI=1S/C22H26N2O5/c1-14-9-15(2)12-24(11-14)20(25)13-29-22(27)17-7-6-16(3)18(10-17)23-21(26)19-5-4-8-28-19/h4-8,10,14-15H,9,11-13H2,1-3H3,(H,23,26)/t14-,15-/m1/s1. The summed E-state index contributed by atoms with van der Waals surface area (Å²) in [7, 11) is 0. The van der Waals surface area contributed by atoms with Crippen LogP contribution in [0.1, 0.15) is 46.7 Å². The quantitative estimate of drug-likeness (QED) is 0.779. The van der Waals surface area contributed by atoms with Gasteiger partial charge in [-0.1, -0.05) is 19.9 Å². The monoisotopic (exact) mass is 398 g/mol. The van der Waals surface area contributed by atoms with E-state index in [1.807, 2.05) is 6.92 Å². The lowest BCUT2D eigenvalue weighted by Gasteiger charge is -2.34. The maximum Gasteiger partial charge on any atom is 0.338 e. The Morgan fingerprint density at radius 1 is 1.17 bits per heavy atom. The molecule has 1 aromatic carbocycles. The van der Waals surface area contributed by atoms with Crippen molar-refractivity contribution in [2.75, 3.05) is 25.0 Å². The minimum Gasteiger partial charge on any atom is -0.459 e. The van der Waals surface area contributed by atoms with Crippen LogP contribution in [0.2, 0.25) is 0 Å². The van der Waals surface area contributed by atoms with Gasteiger partial charge in [-0.05, 0) is 55.0 Å². The zero-order valence-electron chi connectivity index (χ0n) is 16.9. The third-order valence-corrected chi connectivity index (χ3v) is 5.01. The topological polar surface area (TPSA) is 88.9 Å². The Bertz CT molecular complexity index is 881. The Kier molecular flexibility index (Phi) is 6.36. The average molecular weight is 398 g/mol. The van der Waals surface area contributed by atoms with Crippen LogP contribution in [0.4, 0.5) is 5.69 Å². The van der Waals surface area contributed by atoms with Crippen LogP contribution in [0.3, 0.4) is 0 Å². The summed E-state index contributed by atoms with van der Waals surface area (Å²) in [5, 5.41) is 2.72. The first kappa shape index (κ1) is 20.6. The first-order valence-corrected chi connectivity index (χ1v) is 9.74. The predicted molar refractivity (Wildman–Crippen MR) is 108 cm³/mol. The third kappa shape index (κ3) is 5.25. The summed E-state index contributed by atoms with van der Waals surface area (Å²) in [6.07, 6.45) is 2.51. The van der Waals surface area contributed by atoms with Gasteiger partial charge in [0.25, 0.3) is 11.8 Å². The van der Waals surface area contributed by atoms with E-state index < -0.39 is 11.9 Å². The van der Waals surface area contributed by atoms with Gasteiger partial charge in [0.2, 0.25) is 0 Å². The maximum atomic E-state index is 12.4. The van der Waals surface area contributed by atoms with Gasteiger partial charge < -0.3 is 19.4 Å². The smallest absolute Gasteiger partial charge is 0.338 e. The Hall–Kier alpha value is -3.09. The van der Waals surface area contributed by atoms with Crippen molar-refractivity contribution in [1.29, 1.82) is 0 Å². The molecule has 0 saturated carbocycles. The van der Waals surface area contributed by atoms with Crippen molar-refractivity contribution in [2.24, 2.45) is 11.8 Å². The van der Waals surface area contributed by atoms with Crippen molar-refractivity contribution < 1.29 is 23.5 Å². The maximum absolute atomic E-state index is 12.4. The van der Waals surface area contributed by atoms with E-state index in [0.29, 0.717) is 30.6 Å². The first-order chi connectivity index (χ1) is 13.8. The molecule has 2 aromatic rings. The third-order valence-electron chi connectivity index (χ3n) is 5.01. The molecular weight excluding hydrogens is 372 g/mol. The van der Waals surface area contributed by atoms with Gasteiger partial charge >= 0.3 is 5.97 Å². The lowest BCUT2D eigenvalue weighted by molar-refractivity contribution is -0.137. The van der Waals surface area contributed by atoms with Gasteiger partial charge in [-0.25, -0.2) is 4.79 Å². The highest BCUT2D eigenvalue weighted by molar-refractivity contribution is 6.03. The normalized spacial score (nSPS) is 18.9. The summed E-state index contributed by atoms with van der Waals surface area (Å²) in [5.74, 6) is -0.146. The molecule has 154 valence electrons. The van der Waals surface area contributed by atoms with E-state index >= 15 is 0 Å². The molecule has 1 aromatic heterocycles. The molecule has 7 heteroatoms. The molecular formula is C22H26N2O5. The molecule has 1 aliphatic rings. The van der Waals surface area contributed by atoms with E-state index in [1.165, 1.54) is 12.3 Å². The number of piperidine rings is 1. The molecule has 3 rings (SSSR count). The number of amides is 2. The van der Waals surface area contributed by atoms with E-state index in [9.17, 15) is 14.4 Å². The molecule has 1 N–H and O–H groups in total. The lowest BCUT2D eigenvalue weighted by Crippen LogP contribution is -2.44. The van der Waals surface area contributed by atoms with E-state index in [2.05, 4.69) is 19.2 Å². The van der Waals surface area contributed by atoms with Gasteiger partial charge in [-0.15, -0.1) is 0 Å². The summed E-state index contributed by atoms with van der Waals surface area (Å²) in [6.45, 7) is 7.14. The first-order valence-electron chi connectivity index (χ1n) is 9.74. The SMILES string of the molecule is Cc1ccc(C(=O)OCC(=O)N2C[C@H](C)C[C@@H](C)C2)cc1NC(=O)c1ccco1. The fourth-order valence-electron chi connectivity index (χ4n) is 3.64. The molecule has 0 unspecified atom stereocenters. The summed E-state index contributed by atoms with van der Waals surface area (Å²) in [4.78, 5) is 38.8. The van der Waals surface area contributed by atoms with Crippen molar-refractivity contribution in [3.63, 3.8) is 0 Å². The van der Waals surface area contributed by atoms with Crippen LogP contribution >= 0.6 is 0 Å². The number of rotatable bonds is 5. The van der Waals surface area contributed by atoms with Gasteiger partial charge in [0, 0.05) is 18.8 Å². The highest BCUT2D eigenvalue weighted by Gasteiger charge is 2.26. The van der Waals surface area contributed by atoms with Crippen LogP contribution in [0, 0.1) is 18.8 Å². The van der Waals surface area contributed by atoms with Crippen LogP contribution in [0.5, 0.6) is 0 Å². The van der Waals surface area contributed by atoms with Gasteiger partial charge in [-0.2, -0.15) is 0 Å². The molecule has 0 spiro atoms. The van der Waals surface area contributed by atoms with Crippen LogP contribution < -0.4 is 5.32 Å². The van der Waals surface area contributed by atoms with Gasteiger partial charge in [0.1, 0.15) is 0 Å². The van der Waals surface area contributed by atoms with E-state index in [-0.39, 0.29) is 23.8 Å². The molecule has 29 heavy (non-hydrogen) atoms. The fraction of sp³-hybridized carbons (Fsp3) is 0.409. The van der Waals surface area contributed by atoms with Crippen molar-refractivity contribution in [3.8, 4) is 0 Å². The van der Waals surface area contributed by atoms with E-state index in [1.54, 1.807) is 29.2 Å². The van der Waals surface area contributed by atoms with Crippen molar-refractivity contribution >= 4 is 23.5 Å². The minimum atomic E-state index is -0.607. The molecule has 2 amide bonds. The Balaban J connectivity index is 1.60. The second-order valence-corrected chi connectivity index (χ2v) is 7.78. The summed E-state index contributed by atoms with van der Waals surface area (Å²) >= 11 is 0. The van der Waals surface area contributed by atoms with Crippen LogP contribution in [0.25, 0.3) is 0 Å². The number of nitrogens with one attached hydrogen (secondary N) is 1. The molecule has 1 fully saturated rings. The number of ether oxygens (including phenoxy) is 1. The second kappa shape index (κ2) is 8.94. The van der Waals surface area contributed by atoms with Gasteiger partial charge in [0.15, 0.2) is 12.4 Å². The Morgan fingerprint density at radius 3 is 2.55 bits per heavy atom. The molecule has 1 saturated heterocycles. The van der Waals surface area contributed by atoms with Crippen LogP contribution in [-0.2, 0) is 9.53 Å². The number of hydrogen-bond acceptors (Lipinski definition) is 5. The molecule has 7 nitrogen and oxygen atoms in total. The summed E-state index contributed by atoms with van der Waals surface area (Å²) in [5.41, 5.74) is 1.53. The van der Waals surface area contributed by atoms with Crippen molar-refractivity contribution in [1.82, 2.24) is 4.90 Å². The molecule has 0 radical (unpaired) electrons. The number of hydrogen-bond donors (Lipinski definition) is 1. The van der Waals surface area contributed by atoms with Crippen LogP contribution in [0.15, 0.2) is 41.0 Å². The number of anilines is 1. The summed E-state index contributed by atoms with van der Waals surface area (Å²) in [6, 6.07) is 8.03. The number of nitrogens with zero attached hydrogens (tertiary/aromatic N) is 1. The highest BCUT2D eigenvalue weighted by Crippen LogP contribution is 2.21. The number of aryl methyl sites for hydroxylation is 1. The molecule has 0 bridgehead atoms. The Morgan fingerprint density at radius 2 is 1.90 bits per heavy atom. The predicted octanol–water partition coefficient (Wildman–Crippen LogP) is 3.50. The van der Waals surface area contributed by atoms with E-state index in [4.69, 9.17) is 9.15 Å². The molecule has 1 aliphatic heterocycles. The zero-order chi connectivity index (χ0) is 21.0. The number of carbonyl (C=O) groups excluding carboxylic acids is 3. The number of benzene rings is 1. The van der Waals surface area contributed by atoms with E-state index in [0.717, 1.165) is 12.0 Å². The van der Waals surface area contributed by atoms with Gasteiger partial charge in [0.05, 0.1) is 11.8 Å². The minimum absolute atomic E-state index is 0.174. The average Bonchev–Trinajstić information content (AvgIpc) is 3.21. The summed E-state index contributed by atoms with van der Waals surface area (Å²) < 4.78 is 10.3. The Labute approximate surface area is 170 Å². The van der Waals surface area contributed by atoms with Crippen molar-refractivity contribution in [2.45, 2.75) is 27.2 Å². The van der Waals surface area contributed by atoms with Gasteiger partial charge in [-0.3, -0.25) is 9.59 Å². The largest absolute Gasteiger partial charge is 0.459 e. The van der Waals surface area contributed by atoms with Crippen molar-refractivity contribution in [3.05, 3.63) is 53.5 Å².